The van der Waals surface area contributed by atoms with Gasteiger partial charge in [0.2, 0.25) is 42.2 Å². The van der Waals surface area contributed by atoms with Gasteiger partial charge in [0.15, 0.2) is 0 Å². The summed E-state index contributed by atoms with van der Waals surface area (Å²) < 4.78 is 10.5. The molecule has 0 saturated heterocycles. The van der Waals surface area contributed by atoms with E-state index in [1.54, 1.807) is 0 Å². The second-order valence-electron chi connectivity index (χ2n) is 7.80. The first kappa shape index (κ1) is 26.3. The van der Waals surface area contributed by atoms with Crippen molar-refractivity contribution in [1.82, 2.24) is 0 Å². The first-order valence-electron chi connectivity index (χ1n) is 10.7. The van der Waals surface area contributed by atoms with Gasteiger partial charge in [0.05, 0.1) is 18.8 Å². The van der Waals surface area contributed by atoms with Crippen LogP contribution in [0.2, 0.25) is 0 Å². The molecule has 0 saturated carbocycles. The molecular weight excluding hydrogens is 689 g/mol. The van der Waals surface area contributed by atoms with Gasteiger partial charge in [0, 0.05) is 43.1 Å². The first-order chi connectivity index (χ1) is 16.8. The second-order valence-corrected chi connectivity index (χ2v) is 14.4. The number of halogens is 2. The van der Waals surface area contributed by atoms with E-state index in [2.05, 4.69) is 97.1 Å². The van der Waals surface area contributed by atoms with E-state index in [-0.39, 0.29) is 34.0 Å². The van der Waals surface area contributed by atoms with Crippen LogP contribution in [0.5, 0.6) is 0 Å². The Hall–Kier alpha value is -1.36. The summed E-state index contributed by atoms with van der Waals surface area (Å²) in [5, 5.41) is 0. The van der Waals surface area contributed by atoms with Crippen LogP contribution in [0.15, 0.2) is 72.8 Å². The van der Waals surface area contributed by atoms with Crippen LogP contribution >= 0.6 is 68.0 Å². The largest absolute Gasteiger partial charge is 1.00 e. The highest BCUT2D eigenvalue weighted by molar-refractivity contribution is 7.29. The highest BCUT2D eigenvalue weighted by atomic mass is 79.9. The van der Waals surface area contributed by atoms with Crippen molar-refractivity contribution in [2.45, 2.75) is 0 Å². The van der Waals surface area contributed by atoms with E-state index in [9.17, 15) is 0 Å². The molecule has 8 heteroatoms. The summed E-state index contributed by atoms with van der Waals surface area (Å²) >= 11 is 11.2. The van der Waals surface area contributed by atoms with Crippen LogP contribution in [0.3, 0.4) is 0 Å². The monoisotopic (exact) mass is 702 g/mol. The van der Waals surface area contributed by atoms with E-state index in [1.165, 1.54) is 57.1 Å². The van der Waals surface area contributed by atoms with Crippen LogP contribution in [0, 0.1) is 0 Å². The Bertz CT molecular complexity index is 1610. The van der Waals surface area contributed by atoms with Gasteiger partial charge in [0.25, 0.3) is 0 Å². The summed E-state index contributed by atoms with van der Waals surface area (Å²) in [6.45, 7) is 0. The molecule has 0 N–H and O–H groups in total. The van der Waals surface area contributed by atoms with E-state index in [0.29, 0.717) is 0 Å². The zero-order chi connectivity index (χ0) is 22.5. The molecule has 0 spiro atoms. The van der Waals surface area contributed by atoms with Gasteiger partial charge >= 0.3 is 0 Å². The molecule has 0 fully saturated rings. The van der Waals surface area contributed by atoms with Gasteiger partial charge in [-0.3, -0.25) is 0 Å². The van der Waals surface area contributed by atoms with Gasteiger partial charge in [-0.15, -0.1) is 45.3 Å². The third-order valence-corrected chi connectivity index (χ3v) is 12.7. The van der Waals surface area contributed by atoms with Crippen molar-refractivity contribution in [3.05, 3.63) is 92.3 Å². The van der Waals surface area contributed by atoms with Crippen molar-refractivity contribution >= 4 is 130 Å². The fraction of sp³-hybridized carbons (Fsp3) is 0. The Morgan fingerprint density at radius 2 is 0.556 bits per heavy atom. The van der Waals surface area contributed by atoms with Crippen molar-refractivity contribution in [3.63, 3.8) is 0 Å². The number of thiophene rings is 4. The summed E-state index contributed by atoms with van der Waals surface area (Å²) in [6.07, 6.45) is 9.05. The molecule has 0 unspecified atom stereocenters. The number of fused-ring (bicyclic) bond motifs is 16. The fourth-order valence-electron chi connectivity index (χ4n) is 3.83. The molecule has 0 aromatic carbocycles. The van der Waals surface area contributed by atoms with Gasteiger partial charge < -0.3 is 34.0 Å². The molecule has 7 rings (SSSR count). The summed E-state index contributed by atoms with van der Waals surface area (Å²) in [6, 6.07) is 26.9. The summed E-state index contributed by atoms with van der Waals surface area (Å²) in [5.41, 5.74) is 0. The highest BCUT2D eigenvalue weighted by Crippen LogP contribution is 2.37. The maximum absolute atomic E-state index is 2.26. The summed E-state index contributed by atoms with van der Waals surface area (Å²) in [7, 11) is 0. The van der Waals surface area contributed by atoms with E-state index in [4.69, 9.17) is 0 Å². The van der Waals surface area contributed by atoms with E-state index in [1.807, 2.05) is 68.0 Å². The Morgan fingerprint density at radius 3 is 0.806 bits per heavy atom. The van der Waals surface area contributed by atoms with Gasteiger partial charge in [-0.25, -0.2) is 0 Å². The molecule has 178 valence electrons. The van der Waals surface area contributed by atoms with Gasteiger partial charge in [0.1, 0.15) is 0 Å². The van der Waals surface area contributed by atoms with Gasteiger partial charge in [-0.2, -0.15) is 0 Å². The van der Waals surface area contributed by atoms with E-state index in [0.717, 1.165) is 0 Å². The van der Waals surface area contributed by atoms with Gasteiger partial charge in [-0.05, 0) is 72.8 Å². The van der Waals surface area contributed by atoms with Crippen LogP contribution in [0.4, 0.5) is 0 Å². The predicted octanol–water partition coefficient (Wildman–Crippen LogP) is 5.58. The minimum absolute atomic E-state index is 0. The Balaban J connectivity index is 0.00000133. The topological polar surface area (TPSA) is 0 Å². The predicted molar refractivity (Wildman–Crippen MR) is 163 cm³/mol. The smallest absolute Gasteiger partial charge is 0.248 e. The van der Waals surface area contributed by atoms with Crippen molar-refractivity contribution in [3.8, 4) is 0 Å². The second kappa shape index (κ2) is 11.2. The lowest BCUT2D eigenvalue weighted by Gasteiger charge is -1.76. The molecule has 0 aliphatic carbocycles. The maximum atomic E-state index is 2.26. The lowest BCUT2D eigenvalue weighted by Crippen LogP contribution is -3.00. The lowest BCUT2D eigenvalue weighted by atomic mass is 10.3. The quantitative estimate of drug-likeness (QED) is 0.181. The van der Waals surface area contributed by atoms with Crippen LogP contribution in [0.25, 0.3) is 61.9 Å². The van der Waals surface area contributed by atoms with Crippen molar-refractivity contribution in [1.29, 1.82) is 0 Å². The van der Waals surface area contributed by atoms with Crippen LogP contribution < -0.4 is 34.0 Å². The molecule has 0 atom stereocenters. The van der Waals surface area contributed by atoms with Crippen molar-refractivity contribution in [2.24, 2.45) is 0 Å². The number of hydrogen-bond donors (Lipinski definition) is 0. The Morgan fingerprint density at radius 1 is 0.333 bits per heavy atom. The normalized spacial score (nSPS) is 11.8. The summed E-state index contributed by atoms with van der Waals surface area (Å²) in [4.78, 5) is 5.35. The zero-order valence-electron chi connectivity index (χ0n) is 18.4. The zero-order valence-corrected chi connectivity index (χ0v) is 26.5. The molecule has 5 aromatic heterocycles. The standard InChI is InChI=1S/C28H16S6.2BrH/c1-2-18-6-10-22(30-18)26-15-16-28(34-26)24-12-8-20(32-24)4-3-19-7-11-23(31-19)27-14-13-25(33-27)21-9-5-17(1)29-21;;/h1-16H;2*1H/q+2;;/p-2. The molecule has 2 aliphatic heterocycles. The van der Waals surface area contributed by atoms with Crippen LogP contribution in [0.1, 0.15) is 19.5 Å². The average molecular weight is 705 g/mol. The van der Waals surface area contributed by atoms with E-state index < -0.39 is 0 Å². The number of hydrogen-bond acceptors (Lipinski definition) is 4. The summed E-state index contributed by atoms with van der Waals surface area (Å²) in [5.74, 6) is 0. The van der Waals surface area contributed by atoms with Crippen LogP contribution in [-0.4, -0.2) is 0 Å². The third kappa shape index (κ3) is 5.28. The van der Waals surface area contributed by atoms with Gasteiger partial charge in [-0.1, -0.05) is 0 Å². The highest BCUT2D eigenvalue weighted by Gasteiger charge is 2.18. The molecule has 7 heterocycles. The first-order valence-corrected chi connectivity index (χ1v) is 15.6. The molecular formula is C28H16Br2S6. The SMILES string of the molecule is C1=Cc2[s+]c1c1ccc(ccc3ccc(s3)c3[s+]c(c4ccc(ccc5ccc2s5)s4)C=C3)s1.[Br-].[Br-]. The fourth-order valence-corrected chi connectivity index (χ4v) is 9.85. The molecule has 0 nitrogen and oxygen atoms in total. The average Bonchev–Trinajstić information content (AvgIpc) is 3.68. The lowest BCUT2D eigenvalue weighted by molar-refractivity contribution is -0.00100. The molecule has 5 aromatic rings. The molecule has 0 amide bonds. The maximum Gasteiger partial charge on any atom is 0.248 e. The van der Waals surface area contributed by atoms with E-state index >= 15 is 0 Å². The van der Waals surface area contributed by atoms with Crippen molar-refractivity contribution < 1.29 is 34.0 Å². The minimum Gasteiger partial charge on any atom is -1.00 e. The molecule has 2 aliphatic rings. The Kier molecular flexibility index (Phi) is 8.15. The molecule has 0 radical (unpaired) electrons. The minimum atomic E-state index is 0. The Labute approximate surface area is 253 Å². The van der Waals surface area contributed by atoms with Crippen molar-refractivity contribution in [2.75, 3.05) is 0 Å². The van der Waals surface area contributed by atoms with Crippen LogP contribution in [-0.2, 0) is 0 Å². The molecule has 36 heavy (non-hydrogen) atoms. The third-order valence-electron chi connectivity index (χ3n) is 5.51. The number of rotatable bonds is 0. The molecule has 12 bridgehead atoms.